The number of phenolic OH excluding ortho intramolecular Hbond substituents is 1. The van der Waals surface area contributed by atoms with Crippen LogP contribution in [0, 0.1) is 5.92 Å². The Morgan fingerprint density at radius 3 is 2.28 bits per heavy atom. The molecular weight excluding hydrogens is 686 g/mol. The minimum atomic E-state index is -0.838. The van der Waals surface area contributed by atoms with Crippen LogP contribution in [0.3, 0.4) is 0 Å². The van der Waals surface area contributed by atoms with Gasteiger partial charge in [0, 0.05) is 55.3 Å². The molecule has 4 aromatic rings. The number of nitrogens with zero attached hydrogens (tertiary/aromatic N) is 2. The van der Waals surface area contributed by atoms with Crippen molar-refractivity contribution in [3.8, 4) is 5.75 Å². The lowest BCUT2D eigenvalue weighted by atomic mass is 9.72. The number of aromatic hydroxyl groups is 1. The number of unbranched alkanes of at least 4 members (excludes halogenated alkanes) is 1. The van der Waals surface area contributed by atoms with Crippen molar-refractivity contribution in [2.24, 2.45) is 5.92 Å². The Kier molecular flexibility index (Phi) is 11.4. The number of aliphatic hydroxyl groups excluding tert-OH is 1. The normalized spacial score (nSPS) is 21.1. The van der Waals surface area contributed by atoms with Gasteiger partial charge in [-0.15, -0.1) is 0 Å². The van der Waals surface area contributed by atoms with E-state index in [-0.39, 0.29) is 41.7 Å². The number of carbonyl (C=O) groups is 3. The van der Waals surface area contributed by atoms with Crippen molar-refractivity contribution in [1.82, 2.24) is 25.4 Å². The van der Waals surface area contributed by atoms with Gasteiger partial charge in [0.05, 0.1) is 17.0 Å². The maximum absolute atomic E-state index is 14.0. The van der Waals surface area contributed by atoms with Crippen LogP contribution in [-0.2, 0) is 14.9 Å². The first-order chi connectivity index (χ1) is 26.2. The fourth-order valence-corrected chi connectivity index (χ4v) is 8.28. The van der Waals surface area contributed by atoms with Crippen LogP contribution in [0.1, 0.15) is 76.5 Å². The number of amides is 2. The second-order valence-corrected chi connectivity index (χ2v) is 14.9. The van der Waals surface area contributed by atoms with Crippen LogP contribution in [0.2, 0.25) is 0 Å². The number of aromatic amines is 1. The SMILES string of the molecule is O=C(NCCCCNCC(O)c1ccc(O)c2[nH]c(=O)ccc12)c1ccc(C(=O)N2CCC(C(=O)O[C@H]3CN4CCC3CC4)(c3ccccc3)CC2)cc1. The summed E-state index contributed by atoms with van der Waals surface area (Å²) in [6.07, 6.45) is 3.68. The van der Waals surface area contributed by atoms with E-state index in [1.54, 1.807) is 41.3 Å². The number of esters is 1. The number of aromatic nitrogens is 1. The molecule has 5 N–H and O–H groups in total. The Morgan fingerprint density at radius 2 is 1.57 bits per heavy atom. The number of benzene rings is 3. The Labute approximate surface area is 314 Å². The van der Waals surface area contributed by atoms with E-state index in [9.17, 15) is 29.4 Å². The summed E-state index contributed by atoms with van der Waals surface area (Å²) in [5.41, 5.74) is 1.67. The van der Waals surface area contributed by atoms with E-state index in [0.717, 1.165) is 50.9 Å². The third-order valence-corrected chi connectivity index (χ3v) is 11.5. The standard InChI is InChI=1S/C42H49N5O7/c48-34-14-12-32(33-13-15-37(50)45-38(33)34)35(49)26-43-20-4-5-21-44-39(51)29-8-10-30(11-9-29)40(52)47-24-18-42(19-25-47,31-6-2-1-3-7-31)41(53)54-36-27-46-22-16-28(36)17-23-46/h1-3,6-15,28,35-36,43,48-49H,4-5,16-27H2,(H,44,51)(H,45,50)/t35?,36-/m0/s1. The number of piperidine rings is 4. The maximum atomic E-state index is 14.0. The molecule has 3 aromatic carbocycles. The molecule has 4 aliphatic heterocycles. The molecule has 4 aliphatic rings. The van der Waals surface area contributed by atoms with Crippen molar-refractivity contribution >= 4 is 28.7 Å². The van der Waals surface area contributed by atoms with E-state index >= 15 is 0 Å². The summed E-state index contributed by atoms with van der Waals surface area (Å²) < 4.78 is 6.28. The number of likely N-dealkylation sites (tertiary alicyclic amines) is 1. The molecule has 1 unspecified atom stereocenters. The van der Waals surface area contributed by atoms with Gasteiger partial charge in [0.1, 0.15) is 11.9 Å². The number of pyridine rings is 1. The first-order valence-corrected chi connectivity index (χ1v) is 19.1. The molecule has 284 valence electrons. The van der Waals surface area contributed by atoms with Gasteiger partial charge in [0.2, 0.25) is 5.56 Å². The lowest BCUT2D eigenvalue weighted by Gasteiger charge is -2.46. The van der Waals surface area contributed by atoms with E-state index in [1.165, 1.54) is 12.1 Å². The molecule has 4 saturated heterocycles. The summed E-state index contributed by atoms with van der Waals surface area (Å²) in [6, 6.07) is 22.6. The first-order valence-electron chi connectivity index (χ1n) is 19.1. The summed E-state index contributed by atoms with van der Waals surface area (Å²) in [6.45, 7) is 5.19. The van der Waals surface area contributed by atoms with Crippen LogP contribution < -0.4 is 16.2 Å². The number of hydrogen-bond acceptors (Lipinski definition) is 9. The van der Waals surface area contributed by atoms with E-state index in [0.29, 0.717) is 72.5 Å². The number of ether oxygens (including phenoxy) is 1. The number of aliphatic hydroxyl groups is 1. The monoisotopic (exact) mass is 735 g/mol. The zero-order valence-corrected chi connectivity index (χ0v) is 30.5. The van der Waals surface area contributed by atoms with Gasteiger partial charge < -0.3 is 35.5 Å². The molecule has 2 atom stereocenters. The number of hydrogen-bond donors (Lipinski definition) is 5. The Balaban J connectivity index is 0.852. The zero-order chi connectivity index (χ0) is 37.7. The van der Waals surface area contributed by atoms with Gasteiger partial charge >= 0.3 is 5.97 Å². The molecular formula is C42H49N5O7. The number of rotatable bonds is 13. The number of phenols is 1. The van der Waals surface area contributed by atoms with Crippen molar-refractivity contribution in [1.29, 1.82) is 0 Å². The molecule has 2 bridgehead atoms. The van der Waals surface area contributed by atoms with Gasteiger partial charge in [0.15, 0.2) is 0 Å². The molecule has 0 aliphatic carbocycles. The number of fused-ring (bicyclic) bond motifs is 4. The van der Waals surface area contributed by atoms with Crippen molar-refractivity contribution in [3.05, 3.63) is 111 Å². The number of H-pyrrole nitrogens is 1. The molecule has 0 saturated carbocycles. The van der Waals surface area contributed by atoms with Crippen LogP contribution in [0.25, 0.3) is 10.9 Å². The van der Waals surface area contributed by atoms with Crippen LogP contribution in [0.15, 0.2) is 83.7 Å². The Hall–Kier alpha value is -5.04. The molecule has 1 aromatic heterocycles. The Morgan fingerprint density at radius 1 is 0.870 bits per heavy atom. The third-order valence-electron chi connectivity index (χ3n) is 11.5. The number of nitrogens with one attached hydrogen (secondary N) is 3. The zero-order valence-electron chi connectivity index (χ0n) is 30.5. The summed E-state index contributed by atoms with van der Waals surface area (Å²) in [4.78, 5) is 58.8. The second-order valence-electron chi connectivity index (χ2n) is 14.9. The summed E-state index contributed by atoms with van der Waals surface area (Å²) in [5.74, 6) is -0.155. The molecule has 8 rings (SSSR count). The van der Waals surface area contributed by atoms with Crippen molar-refractivity contribution in [2.75, 3.05) is 52.4 Å². The van der Waals surface area contributed by atoms with Crippen LogP contribution in [0.4, 0.5) is 0 Å². The van der Waals surface area contributed by atoms with Crippen LogP contribution in [0.5, 0.6) is 5.75 Å². The largest absolute Gasteiger partial charge is 0.506 e. The lowest BCUT2D eigenvalue weighted by molar-refractivity contribution is -0.167. The first kappa shape index (κ1) is 37.3. The molecule has 0 spiro atoms. The van der Waals surface area contributed by atoms with E-state index in [2.05, 4.69) is 20.5 Å². The molecule has 5 heterocycles. The average molecular weight is 736 g/mol. The van der Waals surface area contributed by atoms with E-state index in [4.69, 9.17) is 4.74 Å². The van der Waals surface area contributed by atoms with Crippen molar-refractivity contribution < 1.29 is 29.3 Å². The predicted molar refractivity (Wildman–Crippen MR) is 204 cm³/mol. The summed E-state index contributed by atoms with van der Waals surface area (Å²) in [5, 5.41) is 27.5. The number of carbonyl (C=O) groups excluding carboxylic acids is 3. The highest BCUT2D eigenvalue weighted by Gasteiger charge is 2.47. The highest BCUT2D eigenvalue weighted by atomic mass is 16.5. The average Bonchev–Trinajstić information content (AvgIpc) is 3.21. The van der Waals surface area contributed by atoms with E-state index < -0.39 is 11.5 Å². The highest BCUT2D eigenvalue weighted by Crippen LogP contribution is 2.39. The smallest absolute Gasteiger partial charge is 0.317 e. The van der Waals surface area contributed by atoms with Gasteiger partial charge in [-0.2, -0.15) is 0 Å². The quantitative estimate of drug-likeness (QED) is 0.101. The maximum Gasteiger partial charge on any atom is 0.317 e. The van der Waals surface area contributed by atoms with E-state index in [1.807, 2.05) is 30.3 Å². The van der Waals surface area contributed by atoms with Gasteiger partial charge in [-0.3, -0.25) is 24.1 Å². The van der Waals surface area contributed by atoms with Crippen molar-refractivity contribution in [3.63, 3.8) is 0 Å². The summed E-state index contributed by atoms with van der Waals surface area (Å²) >= 11 is 0. The topological polar surface area (TPSA) is 164 Å². The minimum Gasteiger partial charge on any atom is -0.506 e. The summed E-state index contributed by atoms with van der Waals surface area (Å²) in [7, 11) is 0. The third kappa shape index (κ3) is 8.06. The highest BCUT2D eigenvalue weighted by molar-refractivity contribution is 5.98. The van der Waals surface area contributed by atoms with Crippen LogP contribution in [-0.4, -0.2) is 101 Å². The molecule has 12 heteroatoms. The fourth-order valence-electron chi connectivity index (χ4n) is 8.28. The minimum absolute atomic E-state index is 0.0541. The fraction of sp³-hybridized carbons (Fsp3) is 0.429. The van der Waals surface area contributed by atoms with Crippen molar-refractivity contribution in [2.45, 2.75) is 56.1 Å². The van der Waals surface area contributed by atoms with Gasteiger partial charge in [-0.25, -0.2) is 0 Å². The molecule has 2 amide bonds. The predicted octanol–water partition coefficient (Wildman–Crippen LogP) is 3.88. The van der Waals surface area contributed by atoms with Gasteiger partial charge in [-0.1, -0.05) is 36.4 Å². The Bertz CT molecular complexity index is 2000. The molecule has 54 heavy (non-hydrogen) atoms. The lowest BCUT2D eigenvalue weighted by Crippen LogP contribution is -2.55. The van der Waals surface area contributed by atoms with Gasteiger partial charge in [-0.05, 0) is 112 Å². The molecule has 12 nitrogen and oxygen atoms in total. The second kappa shape index (κ2) is 16.5. The van der Waals surface area contributed by atoms with Crippen LogP contribution >= 0.6 is 0 Å². The van der Waals surface area contributed by atoms with Gasteiger partial charge in [0.25, 0.3) is 11.8 Å². The molecule has 0 radical (unpaired) electrons. The molecule has 4 fully saturated rings.